The molecule has 0 fully saturated rings. The molecule has 2 aromatic heterocycles. The van der Waals surface area contributed by atoms with Crippen LogP contribution in [0.3, 0.4) is 0 Å². The van der Waals surface area contributed by atoms with Gasteiger partial charge in [0.25, 0.3) is 0 Å². The highest BCUT2D eigenvalue weighted by molar-refractivity contribution is 5.60. The van der Waals surface area contributed by atoms with Gasteiger partial charge in [0.1, 0.15) is 5.69 Å². The van der Waals surface area contributed by atoms with Crippen molar-refractivity contribution in [3.8, 4) is 17.3 Å². The Morgan fingerprint density at radius 3 is 3.29 bits per heavy atom. The zero-order chi connectivity index (χ0) is 9.54. The van der Waals surface area contributed by atoms with Crippen LogP contribution in [0.1, 0.15) is 5.69 Å². The van der Waals surface area contributed by atoms with E-state index in [1.165, 1.54) is 0 Å². The highest BCUT2D eigenvalue weighted by atomic mass is 16.5. The standard InChI is InChI=1S/C10H9N3O/c1-7-2-3-8-9(12-7)10-11-4-5-13(10)6-14-8/h2-5H,6H2,1H3. The van der Waals surface area contributed by atoms with Crippen LogP contribution >= 0.6 is 0 Å². The number of aryl methyl sites for hydroxylation is 1. The third-order valence-corrected chi connectivity index (χ3v) is 2.28. The molecule has 4 nitrogen and oxygen atoms in total. The van der Waals surface area contributed by atoms with Crippen molar-refractivity contribution in [2.24, 2.45) is 0 Å². The van der Waals surface area contributed by atoms with E-state index < -0.39 is 0 Å². The molecular weight excluding hydrogens is 178 g/mol. The fourth-order valence-corrected chi connectivity index (χ4v) is 1.59. The smallest absolute Gasteiger partial charge is 0.166 e. The third-order valence-electron chi connectivity index (χ3n) is 2.28. The van der Waals surface area contributed by atoms with Gasteiger partial charge in [0.2, 0.25) is 0 Å². The largest absolute Gasteiger partial charge is 0.470 e. The van der Waals surface area contributed by atoms with Gasteiger partial charge in [-0.1, -0.05) is 0 Å². The zero-order valence-corrected chi connectivity index (χ0v) is 7.77. The summed E-state index contributed by atoms with van der Waals surface area (Å²) in [6, 6.07) is 3.88. The van der Waals surface area contributed by atoms with E-state index in [2.05, 4.69) is 9.97 Å². The quantitative estimate of drug-likeness (QED) is 0.629. The van der Waals surface area contributed by atoms with Crippen LogP contribution in [0.5, 0.6) is 5.75 Å². The number of imidazole rings is 1. The molecule has 14 heavy (non-hydrogen) atoms. The zero-order valence-electron chi connectivity index (χ0n) is 7.77. The molecule has 3 heterocycles. The van der Waals surface area contributed by atoms with Gasteiger partial charge in [-0.25, -0.2) is 9.97 Å². The summed E-state index contributed by atoms with van der Waals surface area (Å²) in [5.74, 6) is 1.70. The summed E-state index contributed by atoms with van der Waals surface area (Å²) >= 11 is 0. The Morgan fingerprint density at radius 1 is 1.43 bits per heavy atom. The Balaban J connectivity index is 2.28. The molecular formula is C10H9N3O. The average molecular weight is 187 g/mol. The van der Waals surface area contributed by atoms with Crippen molar-refractivity contribution in [1.29, 1.82) is 0 Å². The van der Waals surface area contributed by atoms with Crippen molar-refractivity contribution < 1.29 is 4.74 Å². The number of pyridine rings is 1. The number of rotatable bonds is 0. The molecule has 0 unspecified atom stereocenters. The molecule has 0 amide bonds. The van der Waals surface area contributed by atoms with Crippen LogP contribution in [-0.2, 0) is 6.73 Å². The number of hydrogen-bond acceptors (Lipinski definition) is 3. The average Bonchev–Trinajstić information content (AvgIpc) is 2.65. The van der Waals surface area contributed by atoms with E-state index in [-0.39, 0.29) is 0 Å². The summed E-state index contributed by atoms with van der Waals surface area (Å²) in [6.07, 6.45) is 3.65. The van der Waals surface area contributed by atoms with Crippen LogP contribution in [0.25, 0.3) is 11.5 Å². The minimum absolute atomic E-state index is 0.521. The molecule has 0 N–H and O–H groups in total. The number of aromatic nitrogens is 3. The van der Waals surface area contributed by atoms with Crippen molar-refractivity contribution in [2.45, 2.75) is 13.7 Å². The summed E-state index contributed by atoms with van der Waals surface area (Å²) in [5.41, 5.74) is 1.81. The Labute approximate surface area is 81.2 Å². The van der Waals surface area contributed by atoms with E-state index in [1.54, 1.807) is 6.20 Å². The summed E-state index contributed by atoms with van der Waals surface area (Å²) in [5, 5.41) is 0. The maximum Gasteiger partial charge on any atom is 0.166 e. The van der Waals surface area contributed by atoms with Crippen LogP contribution in [-0.4, -0.2) is 14.5 Å². The predicted octanol–water partition coefficient (Wildman–Crippen LogP) is 1.60. The van der Waals surface area contributed by atoms with Gasteiger partial charge < -0.3 is 4.74 Å². The minimum atomic E-state index is 0.521. The number of nitrogens with zero attached hydrogens (tertiary/aromatic N) is 3. The van der Waals surface area contributed by atoms with Crippen molar-refractivity contribution in [3.63, 3.8) is 0 Å². The van der Waals surface area contributed by atoms with Crippen molar-refractivity contribution in [2.75, 3.05) is 0 Å². The molecule has 70 valence electrons. The van der Waals surface area contributed by atoms with Gasteiger partial charge in [-0.2, -0.15) is 0 Å². The fraction of sp³-hybridized carbons (Fsp3) is 0.200. The number of ether oxygens (including phenoxy) is 1. The van der Waals surface area contributed by atoms with Crippen molar-refractivity contribution >= 4 is 0 Å². The SMILES string of the molecule is Cc1ccc2c(n1)-c1nccn1CO2. The Bertz CT molecular complexity index is 490. The molecule has 0 aromatic carbocycles. The minimum Gasteiger partial charge on any atom is -0.470 e. The maximum absolute atomic E-state index is 5.52. The molecule has 3 rings (SSSR count). The van der Waals surface area contributed by atoms with Crippen LogP contribution in [0, 0.1) is 6.92 Å². The molecule has 4 heteroatoms. The highest BCUT2D eigenvalue weighted by Gasteiger charge is 2.18. The van der Waals surface area contributed by atoms with Crippen LogP contribution in [0.15, 0.2) is 24.5 Å². The normalized spacial score (nSPS) is 12.9. The van der Waals surface area contributed by atoms with Crippen LogP contribution in [0.4, 0.5) is 0 Å². The molecule has 0 atom stereocenters. The number of hydrogen-bond donors (Lipinski definition) is 0. The molecule has 0 saturated carbocycles. The second kappa shape index (κ2) is 2.57. The van der Waals surface area contributed by atoms with Crippen LogP contribution < -0.4 is 4.74 Å². The first-order valence-corrected chi connectivity index (χ1v) is 4.46. The monoisotopic (exact) mass is 187 g/mol. The topological polar surface area (TPSA) is 39.9 Å². The molecule has 0 saturated heterocycles. The van der Waals surface area contributed by atoms with Gasteiger partial charge in [-0.05, 0) is 19.1 Å². The lowest BCUT2D eigenvalue weighted by Crippen LogP contribution is -2.13. The highest BCUT2D eigenvalue weighted by Crippen LogP contribution is 2.30. The van der Waals surface area contributed by atoms with Gasteiger partial charge in [-0.15, -0.1) is 0 Å². The molecule has 1 aliphatic rings. The lowest BCUT2D eigenvalue weighted by atomic mass is 10.2. The van der Waals surface area contributed by atoms with E-state index in [1.807, 2.05) is 29.8 Å². The Kier molecular flexibility index (Phi) is 1.39. The summed E-state index contributed by atoms with van der Waals surface area (Å²) in [6.45, 7) is 2.48. The first-order valence-electron chi connectivity index (χ1n) is 4.46. The van der Waals surface area contributed by atoms with E-state index >= 15 is 0 Å². The molecule has 0 spiro atoms. The Morgan fingerprint density at radius 2 is 2.36 bits per heavy atom. The predicted molar refractivity (Wildman–Crippen MR) is 50.8 cm³/mol. The van der Waals surface area contributed by atoms with E-state index in [9.17, 15) is 0 Å². The molecule has 2 aromatic rings. The first kappa shape index (κ1) is 7.55. The van der Waals surface area contributed by atoms with Gasteiger partial charge >= 0.3 is 0 Å². The van der Waals surface area contributed by atoms with E-state index in [4.69, 9.17) is 4.74 Å². The second-order valence-corrected chi connectivity index (χ2v) is 3.29. The molecule has 0 bridgehead atoms. The van der Waals surface area contributed by atoms with E-state index in [0.717, 1.165) is 23.0 Å². The first-order chi connectivity index (χ1) is 6.84. The summed E-state index contributed by atoms with van der Waals surface area (Å²) in [4.78, 5) is 8.68. The summed E-state index contributed by atoms with van der Waals surface area (Å²) in [7, 11) is 0. The number of fused-ring (bicyclic) bond motifs is 3. The maximum atomic E-state index is 5.52. The van der Waals surface area contributed by atoms with Gasteiger partial charge in [0.15, 0.2) is 18.3 Å². The fourth-order valence-electron chi connectivity index (χ4n) is 1.59. The second-order valence-electron chi connectivity index (χ2n) is 3.29. The Hall–Kier alpha value is -1.84. The lowest BCUT2D eigenvalue weighted by Gasteiger charge is -2.18. The van der Waals surface area contributed by atoms with Crippen LogP contribution in [0.2, 0.25) is 0 Å². The third kappa shape index (κ3) is 0.937. The van der Waals surface area contributed by atoms with Gasteiger partial charge in [-0.3, -0.25) is 4.57 Å². The van der Waals surface area contributed by atoms with Crippen molar-refractivity contribution in [1.82, 2.24) is 14.5 Å². The van der Waals surface area contributed by atoms with Crippen molar-refractivity contribution in [3.05, 3.63) is 30.2 Å². The van der Waals surface area contributed by atoms with Gasteiger partial charge in [0.05, 0.1) is 0 Å². The van der Waals surface area contributed by atoms with E-state index in [0.29, 0.717) is 6.73 Å². The lowest BCUT2D eigenvalue weighted by molar-refractivity contribution is 0.228. The molecule has 1 aliphatic heterocycles. The van der Waals surface area contributed by atoms with Gasteiger partial charge in [0, 0.05) is 18.1 Å². The molecule has 0 aliphatic carbocycles. The molecule has 0 radical (unpaired) electrons. The summed E-state index contributed by atoms with van der Waals surface area (Å²) < 4.78 is 7.46.